The van der Waals surface area contributed by atoms with Crippen molar-refractivity contribution in [1.82, 2.24) is 15.0 Å². The van der Waals surface area contributed by atoms with Crippen LogP contribution in [0.15, 0.2) is 24.7 Å². The van der Waals surface area contributed by atoms with Crippen molar-refractivity contribution < 1.29 is 8.42 Å². The van der Waals surface area contributed by atoms with Gasteiger partial charge in [-0.05, 0) is 6.07 Å². The van der Waals surface area contributed by atoms with E-state index < -0.39 is 10.0 Å². The average Bonchev–Trinajstić information content (AvgIpc) is 2.36. The third-order valence-corrected chi connectivity index (χ3v) is 3.45. The second-order valence-electron chi connectivity index (χ2n) is 6.08. The molecule has 0 aliphatic rings. The Kier molecular flexibility index (Phi) is 4.06. The Morgan fingerprint density at radius 2 is 1.86 bits per heavy atom. The lowest BCUT2D eigenvalue weighted by atomic mass is 9.91. The first kappa shape index (κ1) is 16.2. The lowest BCUT2D eigenvalue weighted by Crippen LogP contribution is -2.17. The van der Waals surface area contributed by atoms with Gasteiger partial charge in [0.15, 0.2) is 0 Å². The van der Waals surface area contributed by atoms with Crippen LogP contribution in [0, 0.1) is 0 Å². The Morgan fingerprint density at radius 1 is 1.18 bits per heavy atom. The maximum absolute atomic E-state index is 11.3. The van der Waals surface area contributed by atoms with E-state index in [1.165, 1.54) is 6.20 Å². The van der Waals surface area contributed by atoms with Crippen LogP contribution in [-0.2, 0) is 15.4 Å². The molecule has 2 rings (SSSR count). The summed E-state index contributed by atoms with van der Waals surface area (Å²) in [5, 5.41) is 0. The summed E-state index contributed by atoms with van der Waals surface area (Å²) in [6.45, 7) is 5.99. The van der Waals surface area contributed by atoms with Gasteiger partial charge in [-0.3, -0.25) is 9.71 Å². The van der Waals surface area contributed by atoms with E-state index in [0.717, 1.165) is 6.26 Å². The van der Waals surface area contributed by atoms with Crippen LogP contribution in [-0.4, -0.2) is 29.6 Å². The first-order valence-electron chi connectivity index (χ1n) is 6.62. The van der Waals surface area contributed by atoms with E-state index in [2.05, 4.69) is 19.7 Å². The lowest BCUT2D eigenvalue weighted by molar-refractivity contribution is 0.569. The maximum Gasteiger partial charge on any atom is 0.229 e. The van der Waals surface area contributed by atoms with Crippen molar-refractivity contribution in [3.05, 3.63) is 30.4 Å². The van der Waals surface area contributed by atoms with Gasteiger partial charge in [-0.1, -0.05) is 20.8 Å². The van der Waals surface area contributed by atoms with E-state index in [1.54, 1.807) is 18.5 Å². The zero-order valence-corrected chi connectivity index (χ0v) is 13.8. The highest BCUT2D eigenvalue weighted by Gasteiger charge is 2.20. The molecule has 2 aromatic heterocycles. The number of sulfonamides is 1. The van der Waals surface area contributed by atoms with Gasteiger partial charge in [0.05, 0.1) is 35.7 Å². The van der Waals surface area contributed by atoms with Gasteiger partial charge in [-0.2, -0.15) is 0 Å². The molecule has 0 aromatic carbocycles. The number of aromatic nitrogens is 3. The van der Waals surface area contributed by atoms with Crippen LogP contribution >= 0.6 is 0 Å². The predicted molar refractivity (Wildman–Crippen MR) is 86.8 cm³/mol. The second kappa shape index (κ2) is 5.53. The van der Waals surface area contributed by atoms with Gasteiger partial charge in [-0.15, -0.1) is 0 Å². The number of hydrogen-bond donors (Lipinski definition) is 2. The van der Waals surface area contributed by atoms with Crippen LogP contribution in [0.4, 0.5) is 11.5 Å². The Labute approximate surface area is 130 Å². The van der Waals surface area contributed by atoms with E-state index in [-0.39, 0.29) is 5.41 Å². The smallest absolute Gasteiger partial charge is 0.229 e. The number of nitrogens with zero attached hydrogens (tertiary/aromatic N) is 3. The predicted octanol–water partition coefficient (Wildman–Crippen LogP) is 1.79. The highest BCUT2D eigenvalue weighted by atomic mass is 32.2. The number of anilines is 2. The SMILES string of the molecule is CC(C)(C)c1nc(-c2cncc(NS(C)(=O)=O)c2)cnc1N. The molecule has 3 N–H and O–H groups in total. The first-order valence-corrected chi connectivity index (χ1v) is 8.51. The fraction of sp³-hybridized carbons (Fsp3) is 0.357. The zero-order valence-electron chi connectivity index (χ0n) is 13.0. The van der Waals surface area contributed by atoms with Crippen LogP contribution < -0.4 is 10.5 Å². The standard InChI is InChI=1S/C14H19N5O2S/c1-14(2,3)12-13(15)17-8-11(18-12)9-5-10(7-16-6-9)19-22(4,20)21/h5-8,19H,1-4H3,(H2,15,17). The number of nitrogens with two attached hydrogens (primary N) is 1. The fourth-order valence-corrected chi connectivity index (χ4v) is 2.48. The molecule has 0 aliphatic carbocycles. The summed E-state index contributed by atoms with van der Waals surface area (Å²) < 4.78 is 25.0. The number of nitrogen functional groups attached to an aromatic ring is 1. The van der Waals surface area contributed by atoms with E-state index in [0.29, 0.717) is 28.5 Å². The molecule has 0 atom stereocenters. The second-order valence-corrected chi connectivity index (χ2v) is 7.82. The van der Waals surface area contributed by atoms with Gasteiger partial charge in [0, 0.05) is 17.2 Å². The Hall–Kier alpha value is -2.22. The quantitative estimate of drug-likeness (QED) is 0.891. The molecule has 8 heteroatoms. The molecule has 0 aliphatic heterocycles. The summed E-state index contributed by atoms with van der Waals surface area (Å²) >= 11 is 0. The Morgan fingerprint density at radius 3 is 2.45 bits per heavy atom. The molecular formula is C14H19N5O2S. The largest absolute Gasteiger partial charge is 0.382 e. The van der Waals surface area contributed by atoms with Gasteiger partial charge >= 0.3 is 0 Å². The molecule has 118 valence electrons. The molecule has 22 heavy (non-hydrogen) atoms. The highest BCUT2D eigenvalue weighted by molar-refractivity contribution is 7.92. The minimum absolute atomic E-state index is 0.247. The summed E-state index contributed by atoms with van der Waals surface area (Å²) in [6, 6.07) is 1.65. The molecule has 0 spiro atoms. The number of hydrogen-bond acceptors (Lipinski definition) is 6. The first-order chi connectivity index (χ1) is 10.1. The van der Waals surface area contributed by atoms with Crippen molar-refractivity contribution in [3.63, 3.8) is 0 Å². The van der Waals surface area contributed by atoms with Gasteiger partial charge < -0.3 is 5.73 Å². The van der Waals surface area contributed by atoms with E-state index in [1.807, 2.05) is 20.8 Å². The third-order valence-electron chi connectivity index (χ3n) is 2.85. The lowest BCUT2D eigenvalue weighted by Gasteiger charge is -2.19. The van der Waals surface area contributed by atoms with Crippen LogP contribution in [0.5, 0.6) is 0 Å². The summed E-state index contributed by atoms with van der Waals surface area (Å²) in [5.41, 5.74) is 7.94. The molecule has 0 fully saturated rings. The monoisotopic (exact) mass is 321 g/mol. The molecule has 0 saturated carbocycles. The number of pyridine rings is 1. The van der Waals surface area contributed by atoms with Crippen molar-refractivity contribution in [1.29, 1.82) is 0 Å². The van der Waals surface area contributed by atoms with Crippen LogP contribution in [0.3, 0.4) is 0 Å². The molecule has 2 heterocycles. The Balaban J connectivity index is 2.47. The summed E-state index contributed by atoms with van der Waals surface area (Å²) in [4.78, 5) is 12.8. The summed E-state index contributed by atoms with van der Waals surface area (Å²) in [7, 11) is -3.36. The highest BCUT2D eigenvalue weighted by Crippen LogP contribution is 2.27. The van der Waals surface area contributed by atoms with E-state index in [9.17, 15) is 8.42 Å². The van der Waals surface area contributed by atoms with Crippen molar-refractivity contribution >= 4 is 21.5 Å². The topological polar surface area (TPSA) is 111 Å². The number of rotatable bonds is 3. The zero-order chi connectivity index (χ0) is 16.5. The van der Waals surface area contributed by atoms with Crippen molar-refractivity contribution in [2.75, 3.05) is 16.7 Å². The molecule has 0 amide bonds. The van der Waals surface area contributed by atoms with Crippen LogP contribution in [0.1, 0.15) is 26.5 Å². The summed E-state index contributed by atoms with van der Waals surface area (Å²) in [5.74, 6) is 0.384. The molecule has 0 saturated heterocycles. The maximum atomic E-state index is 11.3. The molecule has 7 nitrogen and oxygen atoms in total. The van der Waals surface area contributed by atoms with E-state index >= 15 is 0 Å². The average molecular weight is 321 g/mol. The number of nitrogens with one attached hydrogen (secondary N) is 1. The minimum Gasteiger partial charge on any atom is -0.382 e. The van der Waals surface area contributed by atoms with Crippen LogP contribution in [0.2, 0.25) is 0 Å². The summed E-state index contributed by atoms with van der Waals surface area (Å²) in [6.07, 6.45) is 5.66. The normalized spacial score (nSPS) is 12.2. The van der Waals surface area contributed by atoms with E-state index in [4.69, 9.17) is 5.73 Å². The fourth-order valence-electron chi connectivity index (χ4n) is 1.94. The van der Waals surface area contributed by atoms with Crippen molar-refractivity contribution in [3.8, 4) is 11.3 Å². The minimum atomic E-state index is -3.36. The van der Waals surface area contributed by atoms with Gasteiger partial charge in [0.1, 0.15) is 5.82 Å². The molecule has 2 aromatic rings. The van der Waals surface area contributed by atoms with Crippen molar-refractivity contribution in [2.24, 2.45) is 0 Å². The van der Waals surface area contributed by atoms with Crippen LogP contribution in [0.25, 0.3) is 11.3 Å². The molecule has 0 unspecified atom stereocenters. The van der Waals surface area contributed by atoms with Gasteiger partial charge in [-0.25, -0.2) is 18.4 Å². The van der Waals surface area contributed by atoms with Crippen molar-refractivity contribution in [2.45, 2.75) is 26.2 Å². The molecule has 0 bridgehead atoms. The van der Waals surface area contributed by atoms with Gasteiger partial charge in [0.2, 0.25) is 10.0 Å². The molecular weight excluding hydrogens is 302 g/mol. The Bertz CT molecular complexity index is 797. The van der Waals surface area contributed by atoms with Gasteiger partial charge in [0.25, 0.3) is 0 Å². The third kappa shape index (κ3) is 3.91. The molecule has 0 radical (unpaired) electrons.